The minimum absolute atomic E-state index is 0.0676. The number of rotatable bonds is 7. The number of aryl methyl sites for hydroxylation is 1. The summed E-state index contributed by atoms with van der Waals surface area (Å²) in [5.74, 6) is 1.20. The van der Waals surface area contributed by atoms with Crippen LogP contribution in [0.2, 0.25) is 0 Å². The maximum Gasteiger partial charge on any atom is 0.256 e. The summed E-state index contributed by atoms with van der Waals surface area (Å²) in [4.78, 5) is 21.0. The van der Waals surface area contributed by atoms with Crippen molar-refractivity contribution in [3.63, 3.8) is 0 Å². The summed E-state index contributed by atoms with van der Waals surface area (Å²) in [6, 6.07) is 1.84. The predicted molar refractivity (Wildman–Crippen MR) is 124 cm³/mol. The van der Waals surface area contributed by atoms with Crippen molar-refractivity contribution < 1.29 is 22.4 Å². The number of nitrogens with one attached hydrogen (secondary N) is 2. The number of methoxy groups -OCH3 is 2. The van der Waals surface area contributed by atoms with Crippen LogP contribution in [-0.2, 0) is 11.3 Å². The number of pyridine rings is 1. The lowest BCUT2D eigenvalue weighted by Crippen LogP contribution is -2.29. The molecule has 34 heavy (non-hydrogen) atoms. The Kier molecular flexibility index (Phi) is 5.11. The Morgan fingerprint density at radius 1 is 1.26 bits per heavy atom. The topological polar surface area (TPSA) is 103 Å². The Morgan fingerprint density at radius 2 is 2.09 bits per heavy atom. The standard InChI is InChI=1S/C23H27F2N7O2/c1-12-28-20-17(32(12)11-18(24)25)8-13(9-26-20)16-10-27-21-19(16)22(34-3)31-23(30-21)29-14-4-6-15(33-2)7-5-14/h8-10,14-15,18H,4-7,11H2,1-3H3,(H2,27,29,30,31)/i2D3. The summed E-state index contributed by atoms with van der Waals surface area (Å²) in [6.45, 7) is 1.21. The van der Waals surface area contributed by atoms with Gasteiger partial charge in [-0.25, -0.2) is 18.7 Å². The largest absolute Gasteiger partial charge is 0.480 e. The van der Waals surface area contributed by atoms with E-state index in [9.17, 15) is 8.78 Å². The molecule has 4 aromatic heterocycles. The smallest absolute Gasteiger partial charge is 0.256 e. The molecular formula is C23H27F2N7O2. The summed E-state index contributed by atoms with van der Waals surface area (Å²) >= 11 is 0. The number of hydrogen-bond donors (Lipinski definition) is 2. The highest BCUT2D eigenvalue weighted by Crippen LogP contribution is 2.35. The zero-order valence-electron chi connectivity index (χ0n) is 21.8. The Balaban J connectivity index is 1.41. The van der Waals surface area contributed by atoms with Crippen LogP contribution in [0.25, 0.3) is 33.3 Å². The number of hydrogen-bond acceptors (Lipinski definition) is 7. The molecule has 180 valence electrons. The lowest BCUT2D eigenvalue weighted by atomic mass is 9.93. The number of aromatic nitrogens is 6. The highest BCUT2D eigenvalue weighted by molar-refractivity contribution is 5.98. The maximum absolute atomic E-state index is 13.1. The number of ether oxygens (including phenoxy) is 2. The fourth-order valence-corrected chi connectivity index (χ4v) is 4.58. The summed E-state index contributed by atoms with van der Waals surface area (Å²) < 4.78 is 60.3. The first-order valence-electron chi connectivity index (χ1n) is 12.6. The van der Waals surface area contributed by atoms with Crippen LogP contribution in [0.3, 0.4) is 0 Å². The van der Waals surface area contributed by atoms with Crippen LogP contribution >= 0.6 is 0 Å². The van der Waals surface area contributed by atoms with E-state index in [2.05, 4.69) is 30.2 Å². The van der Waals surface area contributed by atoms with Gasteiger partial charge >= 0.3 is 0 Å². The minimum atomic E-state index is -2.52. The molecule has 0 amide bonds. The minimum Gasteiger partial charge on any atom is -0.480 e. The summed E-state index contributed by atoms with van der Waals surface area (Å²) in [6.07, 6.45) is 3.27. The number of halogens is 2. The Bertz CT molecular complexity index is 1420. The number of fused-ring (bicyclic) bond motifs is 2. The molecule has 0 unspecified atom stereocenters. The average Bonchev–Trinajstić information content (AvgIpc) is 3.39. The molecule has 4 heterocycles. The molecule has 1 aliphatic rings. The predicted octanol–water partition coefficient (Wildman–Crippen LogP) is 4.32. The molecule has 5 rings (SSSR count). The summed E-state index contributed by atoms with van der Waals surface area (Å²) in [5, 5.41) is 3.96. The zero-order valence-corrected chi connectivity index (χ0v) is 18.8. The van der Waals surface area contributed by atoms with Crippen LogP contribution in [0.5, 0.6) is 5.88 Å². The zero-order chi connectivity index (χ0) is 26.3. The van der Waals surface area contributed by atoms with E-state index >= 15 is 0 Å². The first-order valence-corrected chi connectivity index (χ1v) is 11.1. The molecule has 1 fully saturated rings. The van der Waals surface area contributed by atoms with Gasteiger partial charge in [-0.3, -0.25) is 0 Å². The monoisotopic (exact) mass is 474 g/mol. The Hall–Kier alpha value is -3.34. The van der Waals surface area contributed by atoms with Crippen LogP contribution < -0.4 is 10.1 Å². The van der Waals surface area contributed by atoms with E-state index in [1.165, 1.54) is 11.7 Å². The second-order valence-electron chi connectivity index (χ2n) is 8.45. The number of imidazole rings is 1. The van der Waals surface area contributed by atoms with Crippen molar-refractivity contribution in [3.8, 4) is 17.0 Å². The van der Waals surface area contributed by atoms with Crippen molar-refractivity contribution in [1.29, 1.82) is 0 Å². The van der Waals surface area contributed by atoms with E-state index in [0.29, 0.717) is 58.3 Å². The van der Waals surface area contributed by atoms with Gasteiger partial charge in [0.1, 0.15) is 11.5 Å². The average molecular weight is 475 g/mol. The van der Waals surface area contributed by atoms with Crippen molar-refractivity contribution in [3.05, 3.63) is 24.3 Å². The van der Waals surface area contributed by atoms with Crippen LogP contribution in [0.4, 0.5) is 14.7 Å². The van der Waals surface area contributed by atoms with Crippen LogP contribution in [0.1, 0.15) is 35.6 Å². The van der Waals surface area contributed by atoms with Gasteiger partial charge in [0, 0.05) is 36.6 Å². The highest BCUT2D eigenvalue weighted by Gasteiger charge is 2.23. The van der Waals surface area contributed by atoms with Gasteiger partial charge in [0.05, 0.1) is 34.8 Å². The molecular weight excluding hydrogens is 444 g/mol. The highest BCUT2D eigenvalue weighted by atomic mass is 19.3. The molecule has 0 aromatic carbocycles. The molecule has 9 nitrogen and oxygen atoms in total. The molecule has 1 saturated carbocycles. The van der Waals surface area contributed by atoms with Crippen molar-refractivity contribution in [2.75, 3.05) is 19.5 Å². The molecule has 0 radical (unpaired) electrons. The lowest BCUT2D eigenvalue weighted by Gasteiger charge is -2.28. The quantitative estimate of drug-likeness (QED) is 0.411. The fourth-order valence-electron chi connectivity index (χ4n) is 4.58. The fraction of sp³-hybridized carbons (Fsp3) is 0.478. The van der Waals surface area contributed by atoms with Crippen LogP contribution in [-0.4, -0.2) is 62.2 Å². The van der Waals surface area contributed by atoms with E-state index in [0.717, 1.165) is 18.4 Å². The van der Waals surface area contributed by atoms with Crippen LogP contribution in [0.15, 0.2) is 18.5 Å². The Labute approximate surface area is 199 Å². The van der Waals surface area contributed by atoms with E-state index in [-0.39, 0.29) is 12.1 Å². The summed E-state index contributed by atoms with van der Waals surface area (Å²) in [7, 11) is -0.874. The van der Waals surface area contributed by atoms with Gasteiger partial charge in [-0.05, 0) is 38.7 Å². The van der Waals surface area contributed by atoms with Gasteiger partial charge in [-0.15, -0.1) is 0 Å². The molecule has 0 spiro atoms. The van der Waals surface area contributed by atoms with Crippen molar-refractivity contribution in [1.82, 2.24) is 29.5 Å². The molecule has 11 heteroatoms. The SMILES string of the molecule is [2H]C([2H])([2H])OC1CCC(Nc2nc(OC)c3c(-c4cnc5nc(C)n(CC(F)F)c5c4)c[nH]c3n2)CC1. The normalized spacial score (nSPS) is 20.4. The van der Waals surface area contributed by atoms with Crippen molar-refractivity contribution in [2.24, 2.45) is 0 Å². The second-order valence-corrected chi connectivity index (χ2v) is 8.45. The third-order valence-corrected chi connectivity index (χ3v) is 6.29. The second kappa shape index (κ2) is 9.13. The molecule has 0 atom stereocenters. The van der Waals surface area contributed by atoms with Gasteiger partial charge in [0.2, 0.25) is 11.8 Å². The molecule has 0 saturated heterocycles. The number of H-pyrrole nitrogens is 1. The number of nitrogens with zero attached hydrogens (tertiary/aromatic N) is 5. The van der Waals surface area contributed by atoms with Crippen molar-refractivity contribution >= 4 is 28.1 Å². The molecule has 2 N–H and O–H groups in total. The third-order valence-electron chi connectivity index (χ3n) is 6.29. The van der Waals surface area contributed by atoms with E-state index in [1.807, 2.05) is 0 Å². The third kappa shape index (κ3) is 4.15. The van der Waals surface area contributed by atoms with Gasteiger partial charge < -0.3 is 24.3 Å². The van der Waals surface area contributed by atoms with E-state index in [1.54, 1.807) is 25.4 Å². The number of aromatic amines is 1. The summed E-state index contributed by atoms with van der Waals surface area (Å²) in [5.41, 5.74) is 2.86. The number of anilines is 1. The molecule has 4 aromatic rings. The maximum atomic E-state index is 13.1. The van der Waals surface area contributed by atoms with Gasteiger partial charge in [0.25, 0.3) is 6.43 Å². The Morgan fingerprint density at radius 3 is 2.82 bits per heavy atom. The van der Waals surface area contributed by atoms with Gasteiger partial charge in [-0.1, -0.05) is 0 Å². The first-order chi connectivity index (χ1) is 17.6. The van der Waals surface area contributed by atoms with E-state index < -0.39 is 20.0 Å². The van der Waals surface area contributed by atoms with Crippen molar-refractivity contribution in [2.45, 2.75) is 57.7 Å². The number of alkyl halides is 2. The van der Waals surface area contributed by atoms with E-state index in [4.69, 9.17) is 13.6 Å². The molecule has 0 bridgehead atoms. The first kappa shape index (κ1) is 19.0. The molecule has 1 aliphatic carbocycles. The van der Waals surface area contributed by atoms with Gasteiger partial charge in [0.15, 0.2) is 5.65 Å². The van der Waals surface area contributed by atoms with Gasteiger partial charge in [-0.2, -0.15) is 9.97 Å². The van der Waals surface area contributed by atoms with Crippen LogP contribution in [0, 0.1) is 6.92 Å². The lowest BCUT2D eigenvalue weighted by molar-refractivity contribution is 0.0681. The molecule has 0 aliphatic heterocycles.